The second-order valence-electron chi connectivity index (χ2n) is 6.43. The number of nitrogens with zero attached hydrogens (tertiary/aromatic N) is 1. The van der Waals surface area contributed by atoms with Crippen LogP contribution < -0.4 is 14.8 Å². The van der Waals surface area contributed by atoms with E-state index in [0.717, 1.165) is 6.61 Å². The Kier molecular flexibility index (Phi) is 6.99. The van der Waals surface area contributed by atoms with E-state index in [4.69, 9.17) is 18.9 Å². The van der Waals surface area contributed by atoms with Crippen molar-refractivity contribution in [3.05, 3.63) is 58.6 Å². The summed E-state index contributed by atoms with van der Waals surface area (Å²) in [4.78, 5) is 21.0. The van der Waals surface area contributed by atoms with Crippen molar-refractivity contribution in [3.63, 3.8) is 0 Å². The quantitative estimate of drug-likeness (QED) is 0.410. The van der Waals surface area contributed by atoms with E-state index in [9.17, 15) is 14.9 Å². The summed E-state index contributed by atoms with van der Waals surface area (Å²) in [6.07, 6.45) is 0.324. The standard InChI is InChI=1S/C11H13NO3.C9H9NO4/c1-8(13)12-10-4-2-3-5-11(10)15-7-9-6-14-9;11-10(12)8-3-1-2-4-9(8)14-6-7-5-13-7/h2-5,9H,6-7H2,1H3,(H,12,13);1-4,7H,5-6H2/t9-;7-/m00/s1. The van der Waals surface area contributed by atoms with E-state index in [1.165, 1.54) is 13.0 Å². The number of anilines is 1. The molecule has 0 saturated carbocycles. The number of hydrogen-bond acceptors (Lipinski definition) is 7. The van der Waals surface area contributed by atoms with Crippen LogP contribution in [-0.4, -0.2) is 49.5 Å². The topological polar surface area (TPSA) is 116 Å². The first-order valence-corrected chi connectivity index (χ1v) is 9.11. The molecule has 0 spiro atoms. The molecule has 9 nitrogen and oxygen atoms in total. The van der Waals surface area contributed by atoms with Crippen LogP contribution in [0.25, 0.3) is 0 Å². The van der Waals surface area contributed by atoms with Crippen molar-refractivity contribution in [2.45, 2.75) is 19.1 Å². The molecule has 9 heteroatoms. The lowest BCUT2D eigenvalue weighted by molar-refractivity contribution is -0.385. The van der Waals surface area contributed by atoms with Gasteiger partial charge >= 0.3 is 5.69 Å². The van der Waals surface area contributed by atoms with Crippen molar-refractivity contribution in [1.29, 1.82) is 0 Å². The van der Waals surface area contributed by atoms with Crippen LogP contribution in [0.3, 0.4) is 0 Å². The normalized spacial score (nSPS) is 18.7. The van der Waals surface area contributed by atoms with E-state index in [2.05, 4.69) is 5.32 Å². The van der Waals surface area contributed by atoms with E-state index in [1.807, 2.05) is 24.3 Å². The number of epoxide rings is 2. The van der Waals surface area contributed by atoms with Gasteiger partial charge in [0.1, 0.15) is 31.2 Å². The van der Waals surface area contributed by atoms with Gasteiger partial charge in [-0.05, 0) is 18.2 Å². The lowest BCUT2D eigenvalue weighted by atomic mass is 10.3. The highest BCUT2D eigenvalue weighted by molar-refractivity contribution is 5.90. The minimum absolute atomic E-state index is 0.00634. The lowest BCUT2D eigenvalue weighted by Crippen LogP contribution is -2.10. The van der Waals surface area contributed by atoms with E-state index in [-0.39, 0.29) is 23.8 Å². The van der Waals surface area contributed by atoms with Gasteiger partial charge in [-0.15, -0.1) is 0 Å². The van der Waals surface area contributed by atoms with Crippen molar-refractivity contribution < 1.29 is 28.7 Å². The molecule has 2 saturated heterocycles. The Morgan fingerprint density at radius 3 is 2.10 bits per heavy atom. The molecule has 2 aromatic carbocycles. The summed E-state index contributed by atoms with van der Waals surface area (Å²) in [5, 5.41) is 13.3. The van der Waals surface area contributed by atoms with E-state index in [0.29, 0.717) is 37.0 Å². The highest BCUT2D eigenvalue weighted by Gasteiger charge is 2.25. The molecule has 2 atom stereocenters. The summed E-state index contributed by atoms with van der Waals surface area (Å²) < 4.78 is 20.8. The fraction of sp³-hybridized carbons (Fsp3) is 0.350. The summed E-state index contributed by atoms with van der Waals surface area (Å²) in [5.74, 6) is 0.880. The molecule has 2 aliphatic heterocycles. The van der Waals surface area contributed by atoms with Crippen LogP contribution in [0.1, 0.15) is 6.92 Å². The molecule has 154 valence electrons. The molecule has 2 heterocycles. The SMILES string of the molecule is CC(=O)Nc1ccccc1OC[C@@H]1CO1.O=[N+]([O-])c1ccccc1OC[C@@H]1CO1. The smallest absolute Gasteiger partial charge is 0.310 e. The van der Waals surface area contributed by atoms with Crippen molar-refractivity contribution >= 4 is 17.3 Å². The van der Waals surface area contributed by atoms with E-state index < -0.39 is 4.92 Å². The monoisotopic (exact) mass is 402 g/mol. The predicted molar refractivity (Wildman–Crippen MR) is 104 cm³/mol. The van der Waals surface area contributed by atoms with Gasteiger partial charge in [0.05, 0.1) is 23.8 Å². The van der Waals surface area contributed by atoms with Crippen molar-refractivity contribution in [3.8, 4) is 11.5 Å². The summed E-state index contributed by atoms with van der Waals surface area (Å²) in [6, 6.07) is 13.7. The second-order valence-corrected chi connectivity index (χ2v) is 6.43. The maximum Gasteiger partial charge on any atom is 0.310 e. The van der Waals surface area contributed by atoms with Gasteiger partial charge in [0.15, 0.2) is 5.75 Å². The Labute approximate surface area is 167 Å². The molecule has 2 aromatic rings. The maximum atomic E-state index is 10.9. The van der Waals surface area contributed by atoms with Gasteiger partial charge in [-0.2, -0.15) is 0 Å². The average molecular weight is 402 g/mol. The molecule has 29 heavy (non-hydrogen) atoms. The van der Waals surface area contributed by atoms with E-state index in [1.54, 1.807) is 18.2 Å². The maximum absolute atomic E-state index is 10.9. The Morgan fingerprint density at radius 1 is 1.03 bits per heavy atom. The van der Waals surface area contributed by atoms with Gasteiger partial charge in [-0.1, -0.05) is 24.3 Å². The minimum atomic E-state index is -0.455. The number of ether oxygens (including phenoxy) is 4. The first-order chi connectivity index (χ1) is 14.0. The number of nitro groups is 1. The van der Waals surface area contributed by atoms with Crippen molar-refractivity contribution in [1.82, 2.24) is 0 Å². The molecule has 0 bridgehead atoms. The number of nitro benzene ring substituents is 1. The molecule has 2 fully saturated rings. The van der Waals surface area contributed by atoms with Crippen LogP contribution in [0.5, 0.6) is 11.5 Å². The number of para-hydroxylation sites is 4. The van der Waals surface area contributed by atoms with Gasteiger partial charge in [0, 0.05) is 13.0 Å². The van der Waals surface area contributed by atoms with Gasteiger partial charge in [0.2, 0.25) is 5.91 Å². The van der Waals surface area contributed by atoms with Gasteiger partial charge < -0.3 is 24.3 Å². The molecule has 1 amide bonds. The summed E-state index contributed by atoms with van der Waals surface area (Å²) in [5.41, 5.74) is 0.693. The number of benzene rings is 2. The van der Waals surface area contributed by atoms with Crippen molar-refractivity contribution in [2.75, 3.05) is 31.7 Å². The number of carbonyl (C=O) groups is 1. The zero-order valence-electron chi connectivity index (χ0n) is 15.9. The number of carbonyl (C=O) groups excluding carboxylic acids is 1. The zero-order chi connectivity index (χ0) is 20.6. The first kappa shape index (κ1) is 20.6. The molecule has 0 radical (unpaired) electrons. The fourth-order valence-corrected chi connectivity index (χ4v) is 2.31. The van der Waals surface area contributed by atoms with Crippen LogP contribution in [0.4, 0.5) is 11.4 Å². The lowest BCUT2D eigenvalue weighted by Gasteiger charge is -2.10. The van der Waals surface area contributed by atoms with Crippen molar-refractivity contribution in [2.24, 2.45) is 0 Å². The number of hydrogen-bond donors (Lipinski definition) is 1. The van der Waals surface area contributed by atoms with Gasteiger partial charge in [-0.25, -0.2) is 0 Å². The molecule has 0 aliphatic carbocycles. The van der Waals surface area contributed by atoms with Gasteiger partial charge in [0.25, 0.3) is 0 Å². The van der Waals surface area contributed by atoms with Crippen LogP contribution in [0.2, 0.25) is 0 Å². The van der Waals surface area contributed by atoms with Crippen LogP contribution in [0, 0.1) is 10.1 Å². The summed E-state index contributed by atoms with van der Waals surface area (Å²) in [6.45, 7) is 3.84. The zero-order valence-corrected chi connectivity index (χ0v) is 15.9. The Morgan fingerprint density at radius 2 is 1.55 bits per heavy atom. The van der Waals surface area contributed by atoms with Crippen LogP contribution >= 0.6 is 0 Å². The average Bonchev–Trinajstić information content (AvgIpc) is 3.61. The molecular formula is C20H22N2O7. The molecular weight excluding hydrogens is 380 g/mol. The molecule has 0 unspecified atom stereocenters. The van der Waals surface area contributed by atoms with Crippen LogP contribution in [-0.2, 0) is 14.3 Å². The Bertz CT molecular complexity index is 850. The Hall–Kier alpha value is -3.17. The number of nitrogens with one attached hydrogen (secondary N) is 1. The molecule has 2 aliphatic rings. The number of amides is 1. The van der Waals surface area contributed by atoms with Crippen LogP contribution in [0.15, 0.2) is 48.5 Å². The minimum Gasteiger partial charge on any atom is -0.489 e. The summed E-state index contributed by atoms with van der Waals surface area (Å²) >= 11 is 0. The number of rotatable bonds is 8. The second kappa shape index (κ2) is 9.85. The third-order valence-electron chi connectivity index (χ3n) is 3.91. The predicted octanol–water partition coefficient (Wildman–Crippen LogP) is 2.80. The summed E-state index contributed by atoms with van der Waals surface area (Å²) in [7, 11) is 0. The first-order valence-electron chi connectivity index (χ1n) is 9.11. The van der Waals surface area contributed by atoms with E-state index >= 15 is 0 Å². The molecule has 1 N–H and O–H groups in total. The van der Waals surface area contributed by atoms with Gasteiger partial charge in [-0.3, -0.25) is 14.9 Å². The fourth-order valence-electron chi connectivity index (χ4n) is 2.31. The largest absolute Gasteiger partial charge is 0.489 e. The third-order valence-corrected chi connectivity index (χ3v) is 3.91. The molecule has 4 rings (SSSR count). The highest BCUT2D eigenvalue weighted by Crippen LogP contribution is 2.27. The third kappa shape index (κ3) is 7.05. The highest BCUT2D eigenvalue weighted by atomic mass is 16.6. The Balaban J connectivity index is 0.000000166. The molecule has 0 aromatic heterocycles.